The van der Waals surface area contributed by atoms with E-state index < -0.39 is 0 Å². The third-order valence-corrected chi connectivity index (χ3v) is 7.14. The predicted octanol–water partition coefficient (Wildman–Crippen LogP) is 6.87. The molecule has 6 aromatic rings. The number of benzene rings is 4. The van der Waals surface area contributed by atoms with Gasteiger partial charge in [0.05, 0.1) is 31.0 Å². The van der Waals surface area contributed by atoms with Crippen LogP contribution in [0.25, 0.3) is 27.5 Å². The fourth-order valence-corrected chi connectivity index (χ4v) is 5.16. The first-order valence-corrected chi connectivity index (χ1v) is 13.8. The van der Waals surface area contributed by atoms with Gasteiger partial charge in [-0.2, -0.15) is 5.10 Å². The quantitative estimate of drug-likeness (QED) is 0.218. The first-order chi connectivity index (χ1) is 20.3. The lowest BCUT2D eigenvalue weighted by molar-refractivity contribution is 0.242. The lowest BCUT2D eigenvalue weighted by Gasteiger charge is -2.15. The fraction of sp³-hybridized carbons (Fsp3) is 0.176. The van der Waals surface area contributed by atoms with Crippen molar-refractivity contribution < 1.29 is 14.2 Å². The third kappa shape index (κ3) is 5.03. The van der Waals surface area contributed by atoms with Gasteiger partial charge in [-0.05, 0) is 86.5 Å². The second-order valence-electron chi connectivity index (χ2n) is 10.5. The summed E-state index contributed by atoms with van der Waals surface area (Å²) in [4.78, 5) is 14.2. The largest absolute Gasteiger partial charge is 0.497 e. The van der Waals surface area contributed by atoms with Crippen LogP contribution in [0, 0.1) is 6.92 Å². The van der Waals surface area contributed by atoms with Crippen molar-refractivity contribution in [3.05, 3.63) is 112 Å². The Morgan fingerprint density at radius 2 is 1.57 bits per heavy atom. The minimum absolute atomic E-state index is 0.0142. The van der Waals surface area contributed by atoms with Crippen LogP contribution in [0.4, 0.5) is 5.82 Å². The van der Waals surface area contributed by atoms with E-state index in [4.69, 9.17) is 25.0 Å². The van der Waals surface area contributed by atoms with Crippen LogP contribution in [0.3, 0.4) is 0 Å². The van der Waals surface area contributed by atoms with Gasteiger partial charge in [0.1, 0.15) is 39.7 Å². The van der Waals surface area contributed by atoms with E-state index in [0.29, 0.717) is 28.9 Å². The van der Waals surface area contributed by atoms with Crippen LogP contribution < -0.4 is 25.5 Å². The van der Waals surface area contributed by atoms with Gasteiger partial charge in [0.2, 0.25) is 0 Å². The first kappa shape index (κ1) is 27.0. The zero-order chi connectivity index (χ0) is 29.4. The standard InChI is InChI=1S/C34H32N4O4/c1-21(2)41-27-14-16-28-30(19-27)37(20-23-10-12-24(40-4)13-11-23)34(39)31-32(28)36-38(33(31)35)29-17-15-26(18-22(29)3)42-25-8-6-5-7-9-25/h5-19,21H,20,35H2,1-4H3. The van der Waals surface area contributed by atoms with Crippen LogP contribution >= 0.6 is 0 Å². The van der Waals surface area contributed by atoms with E-state index in [0.717, 1.165) is 39.2 Å². The van der Waals surface area contributed by atoms with E-state index in [9.17, 15) is 4.79 Å². The molecule has 0 bridgehead atoms. The van der Waals surface area contributed by atoms with Crippen molar-refractivity contribution >= 4 is 27.6 Å². The fourth-order valence-electron chi connectivity index (χ4n) is 5.16. The number of para-hydroxylation sites is 1. The van der Waals surface area contributed by atoms with Crippen molar-refractivity contribution in [3.63, 3.8) is 0 Å². The summed E-state index contributed by atoms with van der Waals surface area (Å²) in [7, 11) is 1.63. The van der Waals surface area contributed by atoms with Gasteiger partial charge in [0.15, 0.2) is 0 Å². The molecule has 2 heterocycles. The van der Waals surface area contributed by atoms with Crippen molar-refractivity contribution in [3.8, 4) is 28.7 Å². The predicted molar refractivity (Wildman–Crippen MR) is 166 cm³/mol. The number of nitrogens with zero attached hydrogens (tertiary/aromatic N) is 3. The molecule has 0 aliphatic rings. The van der Waals surface area contributed by atoms with Gasteiger partial charge in [0, 0.05) is 11.5 Å². The smallest absolute Gasteiger partial charge is 0.264 e. The van der Waals surface area contributed by atoms with Crippen LogP contribution in [0.15, 0.2) is 95.8 Å². The maximum absolute atomic E-state index is 14.2. The van der Waals surface area contributed by atoms with Crippen molar-refractivity contribution in [2.45, 2.75) is 33.4 Å². The molecule has 42 heavy (non-hydrogen) atoms. The maximum atomic E-state index is 14.2. The van der Waals surface area contributed by atoms with Crippen LogP contribution in [-0.4, -0.2) is 27.6 Å². The van der Waals surface area contributed by atoms with Gasteiger partial charge in [-0.3, -0.25) is 4.79 Å². The monoisotopic (exact) mass is 560 g/mol. The Kier molecular flexibility index (Phi) is 7.04. The van der Waals surface area contributed by atoms with Gasteiger partial charge >= 0.3 is 0 Å². The number of aromatic nitrogens is 3. The van der Waals surface area contributed by atoms with E-state index in [-0.39, 0.29) is 17.5 Å². The number of ether oxygens (including phenoxy) is 3. The van der Waals surface area contributed by atoms with E-state index >= 15 is 0 Å². The highest BCUT2D eigenvalue weighted by Crippen LogP contribution is 2.33. The summed E-state index contributed by atoms with van der Waals surface area (Å²) in [6.45, 7) is 6.25. The number of fused-ring (bicyclic) bond motifs is 3. The third-order valence-electron chi connectivity index (χ3n) is 7.14. The maximum Gasteiger partial charge on any atom is 0.264 e. The average molecular weight is 561 g/mol. The molecule has 2 aromatic heterocycles. The molecule has 0 saturated carbocycles. The number of methoxy groups -OCH3 is 1. The van der Waals surface area contributed by atoms with Crippen molar-refractivity contribution in [2.75, 3.05) is 12.8 Å². The van der Waals surface area contributed by atoms with Gasteiger partial charge in [0.25, 0.3) is 5.56 Å². The molecule has 0 aliphatic heterocycles. The molecule has 8 heteroatoms. The zero-order valence-electron chi connectivity index (χ0n) is 24.0. The molecular weight excluding hydrogens is 528 g/mol. The number of aryl methyl sites for hydroxylation is 1. The average Bonchev–Trinajstić information content (AvgIpc) is 3.32. The summed E-state index contributed by atoms with van der Waals surface area (Å²) in [5, 5.41) is 6.07. The lowest BCUT2D eigenvalue weighted by Crippen LogP contribution is -2.22. The van der Waals surface area contributed by atoms with Crippen LogP contribution in [-0.2, 0) is 6.54 Å². The molecular formula is C34H32N4O4. The lowest BCUT2D eigenvalue weighted by atomic mass is 10.1. The van der Waals surface area contributed by atoms with Crippen LogP contribution in [0.1, 0.15) is 25.0 Å². The molecule has 0 unspecified atom stereocenters. The van der Waals surface area contributed by atoms with E-state index in [1.807, 2.05) is 112 Å². The number of anilines is 1. The summed E-state index contributed by atoms with van der Waals surface area (Å²) < 4.78 is 20.7. The van der Waals surface area contributed by atoms with Crippen LogP contribution in [0.5, 0.6) is 23.0 Å². The number of rotatable bonds is 8. The van der Waals surface area contributed by atoms with E-state index in [1.54, 1.807) is 16.4 Å². The van der Waals surface area contributed by atoms with Crippen molar-refractivity contribution in [1.82, 2.24) is 14.3 Å². The Balaban J connectivity index is 1.50. The molecule has 0 fully saturated rings. The first-order valence-electron chi connectivity index (χ1n) is 13.8. The highest BCUT2D eigenvalue weighted by molar-refractivity contribution is 6.07. The molecule has 0 radical (unpaired) electrons. The molecule has 0 amide bonds. The molecule has 0 atom stereocenters. The summed E-state index contributed by atoms with van der Waals surface area (Å²) in [5.41, 5.74) is 10.4. The summed E-state index contributed by atoms with van der Waals surface area (Å²) >= 11 is 0. The molecule has 6 rings (SSSR count). The summed E-state index contributed by atoms with van der Waals surface area (Å²) in [5.74, 6) is 3.15. The summed E-state index contributed by atoms with van der Waals surface area (Å²) in [6, 6.07) is 28.7. The molecule has 212 valence electrons. The Hall–Kier alpha value is -5.24. The SMILES string of the molecule is COc1ccc(Cn2c(=O)c3c(N)n(-c4ccc(Oc5ccccc5)cc4C)nc3c3ccc(OC(C)C)cc32)cc1. The molecule has 0 spiro atoms. The van der Waals surface area contributed by atoms with Crippen molar-refractivity contribution in [1.29, 1.82) is 0 Å². The highest BCUT2D eigenvalue weighted by atomic mass is 16.5. The molecule has 4 aromatic carbocycles. The molecule has 0 aliphatic carbocycles. The normalized spacial score (nSPS) is 11.4. The van der Waals surface area contributed by atoms with Gasteiger partial charge in [-0.25, -0.2) is 4.68 Å². The number of hydrogen-bond donors (Lipinski definition) is 1. The van der Waals surface area contributed by atoms with Crippen molar-refractivity contribution in [2.24, 2.45) is 0 Å². The van der Waals surface area contributed by atoms with Gasteiger partial charge in [-0.15, -0.1) is 0 Å². The molecule has 2 N–H and O–H groups in total. The van der Waals surface area contributed by atoms with E-state index in [2.05, 4.69) is 0 Å². The Morgan fingerprint density at radius 1 is 0.857 bits per heavy atom. The number of hydrogen-bond acceptors (Lipinski definition) is 6. The van der Waals surface area contributed by atoms with Gasteiger partial charge < -0.3 is 24.5 Å². The van der Waals surface area contributed by atoms with Gasteiger partial charge in [-0.1, -0.05) is 30.3 Å². The minimum atomic E-state index is -0.222. The number of pyridine rings is 1. The second kappa shape index (κ2) is 11.0. The summed E-state index contributed by atoms with van der Waals surface area (Å²) in [6.07, 6.45) is -0.0142. The topological polar surface area (TPSA) is 93.5 Å². The molecule has 8 nitrogen and oxygen atoms in total. The minimum Gasteiger partial charge on any atom is -0.497 e. The van der Waals surface area contributed by atoms with E-state index in [1.165, 1.54) is 0 Å². The highest BCUT2D eigenvalue weighted by Gasteiger charge is 2.21. The number of nitrogen functional groups attached to an aromatic ring is 1. The number of nitrogens with two attached hydrogens (primary N) is 1. The Bertz CT molecular complexity index is 1960. The second-order valence-corrected chi connectivity index (χ2v) is 10.5. The van der Waals surface area contributed by atoms with Crippen LogP contribution in [0.2, 0.25) is 0 Å². The zero-order valence-corrected chi connectivity index (χ0v) is 24.0. The molecule has 0 saturated heterocycles. The Labute approximate surface area is 243 Å². The Morgan fingerprint density at radius 3 is 2.26 bits per heavy atom.